The average molecular weight is 415 g/mol. The number of rotatable bonds is 7. The first-order valence-corrected chi connectivity index (χ1v) is 10.1. The number of carbonyl (C=O) groups is 1. The number of aromatic nitrogens is 2. The van der Waals surface area contributed by atoms with E-state index in [1.807, 2.05) is 49.3 Å². The molecular weight excluding hydrogens is 386 g/mol. The van der Waals surface area contributed by atoms with E-state index in [0.717, 1.165) is 31.2 Å². The fourth-order valence-corrected chi connectivity index (χ4v) is 4.06. The number of H-pyrrole nitrogens is 1. The Morgan fingerprint density at radius 1 is 1.27 bits per heavy atom. The maximum absolute atomic E-state index is 12.2. The largest absolute Gasteiger partial charge is 0.501 e. The van der Waals surface area contributed by atoms with Crippen molar-refractivity contribution in [1.82, 2.24) is 14.9 Å². The molecule has 0 bridgehead atoms. The molecule has 2 aromatic rings. The highest BCUT2D eigenvalue weighted by Crippen LogP contribution is 2.41. The summed E-state index contributed by atoms with van der Waals surface area (Å²) in [5.74, 6) is -0.774. The van der Waals surface area contributed by atoms with Crippen molar-refractivity contribution in [2.24, 2.45) is 5.92 Å². The van der Waals surface area contributed by atoms with Crippen LogP contribution in [0.25, 0.3) is 0 Å². The van der Waals surface area contributed by atoms with Crippen molar-refractivity contribution in [3.05, 3.63) is 57.8 Å². The van der Waals surface area contributed by atoms with E-state index in [4.69, 9.17) is 4.74 Å². The lowest BCUT2D eigenvalue weighted by atomic mass is 9.75. The molecule has 1 fully saturated rings. The maximum Gasteiger partial charge on any atom is 0.360 e. The third-order valence-corrected chi connectivity index (χ3v) is 5.97. The second kappa shape index (κ2) is 9.40. The molecular formula is C22H29N3O5. The van der Waals surface area contributed by atoms with Crippen molar-refractivity contribution in [3.63, 3.8) is 0 Å². The van der Waals surface area contributed by atoms with Gasteiger partial charge >= 0.3 is 5.97 Å². The molecule has 0 unspecified atom stereocenters. The zero-order valence-corrected chi connectivity index (χ0v) is 17.7. The van der Waals surface area contributed by atoms with Crippen LogP contribution in [0.2, 0.25) is 0 Å². The second-order valence-electron chi connectivity index (χ2n) is 7.97. The maximum atomic E-state index is 12.2. The van der Waals surface area contributed by atoms with Gasteiger partial charge in [0.1, 0.15) is 5.82 Å². The quantitative estimate of drug-likeness (QED) is 0.669. The smallest absolute Gasteiger partial charge is 0.360 e. The van der Waals surface area contributed by atoms with E-state index in [9.17, 15) is 14.7 Å². The molecule has 162 valence electrons. The summed E-state index contributed by atoms with van der Waals surface area (Å²) in [5, 5.41) is 9.94. The molecule has 0 spiro atoms. The highest BCUT2D eigenvalue weighted by molar-refractivity contribution is 5.89. The summed E-state index contributed by atoms with van der Waals surface area (Å²) in [4.78, 5) is 33.2. The molecule has 8 nitrogen and oxygen atoms in total. The van der Waals surface area contributed by atoms with Gasteiger partial charge in [0, 0.05) is 6.61 Å². The number of methoxy groups -OCH3 is 1. The highest BCUT2D eigenvalue weighted by Gasteiger charge is 2.42. The first-order valence-electron chi connectivity index (χ1n) is 10.1. The molecule has 1 aliphatic carbocycles. The normalized spacial score (nSPS) is 21.5. The van der Waals surface area contributed by atoms with E-state index in [-0.39, 0.29) is 5.69 Å². The van der Waals surface area contributed by atoms with Crippen molar-refractivity contribution in [2.45, 2.75) is 37.8 Å². The Morgan fingerprint density at radius 2 is 1.93 bits per heavy atom. The molecule has 0 radical (unpaired) electrons. The van der Waals surface area contributed by atoms with Crippen LogP contribution in [0.15, 0.2) is 35.1 Å². The summed E-state index contributed by atoms with van der Waals surface area (Å²) >= 11 is 0. The lowest BCUT2D eigenvalue weighted by Crippen LogP contribution is -2.47. The number of carbonyl (C=O) groups excluding carboxylic acids is 1. The Bertz CT molecular complexity index is 918. The standard InChI is InChI=1S/C22H29N3O5/c1-25(2)22(21-23-17(20(28)29-3)18(26)19(27)24-21)11-9-16(10-12-22)14-30-13-15-7-5-4-6-8-15/h4-8,16,26H,9-14H2,1-3H3,(H,23,24,27)/t16-,22+. The predicted octanol–water partition coefficient (Wildman–Crippen LogP) is 2.43. The number of nitrogens with one attached hydrogen (secondary N) is 1. The van der Waals surface area contributed by atoms with Crippen molar-refractivity contribution >= 4 is 5.97 Å². The van der Waals surface area contributed by atoms with Crippen molar-refractivity contribution in [3.8, 4) is 5.75 Å². The van der Waals surface area contributed by atoms with E-state index >= 15 is 0 Å². The SMILES string of the molecule is COC(=O)c1nc([C@]2(N(C)C)CC[C@@H](COCc3ccccc3)CC2)[nH]c(=O)c1O. The Labute approximate surface area is 175 Å². The number of hydrogen-bond acceptors (Lipinski definition) is 7. The van der Waals surface area contributed by atoms with Gasteiger partial charge in [-0.2, -0.15) is 0 Å². The minimum atomic E-state index is -0.836. The minimum Gasteiger partial charge on any atom is -0.501 e. The van der Waals surface area contributed by atoms with Gasteiger partial charge in [-0.1, -0.05) is 30.3 Å². The van der Waals surface area contributed by atoms with Crippen LogP contribution in [0.1, 0.15) is 47.6 Å². The molecule has 0 aliphatic heterocycles. The van der Waals surface area contributed by atoms with Crippen LogP contribution in [0, 0.1) is 5.92 Å². The number of esters is 1. The van der Waals surface area contributed by atoms with Gasteiger partial charge in [-0.3, -0.25) is 9.69 Å². The molecule has 1 aromatic carbocycles. The van der Waals surface area contributed by atoms with Crippen LogP contribution in [0.4, 0.5) is 0 Å². The molecule has 30 heavy (non-hydrogen) atoms. The fourth-order valence-electron chi connectivity index (χ4n) is 4.06. The van der Waals surface area contributed by atoms with Crippen molar-refractivity contribution in [1.29, 1.82) is 0 Å². The third kappa shape index (κ3) is 4.55. The van der Waals surface area contributed by atoms with Crippen LogP contribution < -0.4 is 5.56 Å². The number of aromatic hydroxyl groups is 1. The van der Waals surface area contributed by atoms with Gasteiger partial charge in [0.2, 0.25) is 5.75 Å². The molecule has 1 aromatic heterocycles. The number of hydrogen-bond donors (Lipinski definition) is 2. The Morgan fingerprint density at radius 3 is 2.53 bits per heavy atom. The summed E-state index contributed by atoms with van der Waals surface area (Å²) in [6, 6.07) is 10.1. The molecule has 3 rings (SSSR count). The Balaban J connectivity index is 1.72. The number of nitrogens with zero attached hydrogens (tertiary/aromatic N) is 2. The molecule has 0 atom stereocenters. The Kier molecular flexibility index (Phi) is 6.89. The third-order valence-electron chi connectivity index (χ3n) is 5.97. The molecule has 2 N–H and O–H groups in total. The summed E-state index contributed by atoms with van der Waals surface area (Å²) in [6.07, 6.45) is 3.28. The zero-order valence-electron chi connectivity index (χ0n) is 17.7. The first kappa shape index (κ1) is 22.0. The zero-order chi connectivity index (χ0) is 21.7. The molecule has 8 heteroatoms. The molecule has 1 heterocycles. The van der Waals surface area contributed by atoms with Gasteiger partial charge in [-0.25, -0.2) is 9.78 Å². The Hall–Kier alpha value is -2.71. The van der Waals surface area contributed by atoms with Gasteiger partial charge in [0.15, 0.2) is 5.69 Å². The number of ether oxygens (including phenoxy) is 2. The van der Waals surface area contributed by atoms with Crippen LogP contribution >= 0.6 is 0 Å². The molecule has 1 aliphatic rings. The van der Waals surface area contributed by atoms with Crippen LogP contribution in [0.5, 0.6) is 5.75 Å². The van der Waals surface area contributed by atoms with Gasteiger partial charge in [-0.05, 0) is 51.3 Å². The van der Waals surface area contributed by atoms with Gasteiger partial charge in [0.25, 0.3) is 5.56 Å². The number of benzene rings is 1. The summed E-state index contributed by atoms with van der Waals surface area (Å²) in [5.41, 5.74) is -0.483. The predicted molar refractivity (Wildman–Crippen MR) is 111 cm³/mol. The first-order chi connectivity index (χ1) is 14.4. The molecule has 0 amide bonds. The van der Waals surface area contributed by atoms with E-state index in [2.05, 4.69) is 14.7 Å². The van der Waals surface area contributed by atoms with Crippen molar-refractivity contribution < 1.29 is 19.4 Å². The summed E-state index contributed by atoms with van der Waals surface area (Å²) < 4.78 is 10.6. The minimum absolute atomic E-state index is 0.356. The summed E-state index contributed by atoms with van der Waals surface area (Å²) in [7, 11) is 5.04. The van der Waals surface area contributed by atoms with E-state index < -0.39 is 22.8 Å². The molecule has 1 saturated carbocycles. The molecule has 0 saturated heterocycles. The van der Waals surface area contributed by atoms with Gasteiger partial charge in [-0.15, -0.1) is 0 Å². The lowest BCUT2D eigenvalue weighted by Gasteiger charge is -2.44. The fraction of sp³-hybridized carbons (Fsp3) is 0.500. The second-order valence-corrected chi connectivity index (χ2v) is 7.97. The van der Waals surface area contributed by atoms with Crippen molar-refractivity contribution in [2.75, 3.05) is 27.8 Å². The van der Waals surface area contributed by atoms with Gasteiger partial charge in [0.05, 0.1) is 19.3 Å². The van der Waals surface area contributed by atoms with E-state index in [1.165, 1.54) is 7.11 Å². The van der Waals surface area contributed by atoms with Crippen LogP contribution in [-0.4, -0.2) is 53.8 Å². The van der Waals surface area contributed by atoms with Crippen LogP contribution in [0.3, 0.4) is 0 Å². The average Bonchev–Trinajstić information content (AvgIpc) is 2.76. The van der Waals surface area contributed by atoms with Gasteiger partial charge < -0.3 is 19.6 Å². The highest BCUT2D eigenvalue weighted by atomic mass is 16.5. The lowest BCUT2D eigenvalue weighted by molar-refractivity contribution is 0.0242. The summed E-state index contributed by atoms with van der Waals surface area (Å²) in [6.45, 7) is 1.26. The van der Waals surface area contributed by atoms with Crippen LogP contribution in [-0.2, 0) is 21.6 Å². The topological polar surface area (TPSA) is 105 Å². The monoisotopic (exact) mass is 415 g/mol. The van der Waals surface area contributed by atoms with E-state index in [0.29, 0.717) is 25.0 Å². The van der Waals surface area contributed by atoms with E-state index in [1.54, 1.807) is 0 Å². The number of aromatic amines is 1.